The van der Waals surface area contributed by atoms with Gasteiger partial charge in [-0.3, -0.25) is 4.79 Å². The van der Waals surface area contributed by atoms with E-state index in [0.717, 1.165) is 0 Å². The largest absolute Gasteiger partial charge is 0.464 e. The summed E-state index contributed by atoms with van der Waals surface area (Å²) in [4.78, 5) is 26.7. The van der Waals surface area contributed by atoms with Crippen LogP contribution in [0, 0.1) is 0 Å². The third-order valence-electron chi connectivity index (χ3n) is 4.34. The van der Waals surface area contributed by atoms with E-state index in [1.54, 1.807) is 0 Å². The van der Waals surface area contributed by atoms with Crippen molar-refractivity contribution in [1.82, 2.24) is 4.98 Å². The number of H-pyrrole nitrogens is 1. The van der Waals surface area contributed by atoms with Gasteiger partial charge < -0.3 is 9.72 Å². The second-order valence-electron chi connectivity index (χ2n) is 5.68. The van der Waals surface area contributed by atoms with Crippen molar-refractivity contribution in [3.63, 3.8) is 0 Å². The van der Waals surface area contributed by atoms with Gasteiger partial charge in [-0.25, -0.2) is 4.79 Å². The fourth-order valence-electron chi connectivity index (χ4n) is 3.17. The first-order valence-electron chi connectivity index (χ1n) is 7.44. The summed E-state index contributed by atoms with van der Waals surface area (Å²) in [6.45, 7) is 0. The zero-order valence-corrected chi connectivity index (χ0v) is 12.1. The van der Waals surface area contributed by atoms with Crippen molar-refractivity contribution in [2.45, 2.75) is 38.0 Å². The van der Waals surface area contributed by atoms with Crippen molar-refractivity contribution < 1.29 is 9.53 Å². The third kappa shape index (κ3) is 2.71. The molecule has 1 aromatic heterocycles. The van der Waals surface area contributed by atoms with E-state index in [-0.39, 0.29) is 11.1 Å². The Bertz CT molecular complexity index is 726. The molecule has 21 heavy (non-hydrogen) atoms. The van der Waals surface area contributed by atoms with Crippen LogP contribution in [0.5, 0.6) is 0 Å². The smallest absolute Gasteiger partial charge is 0.354 e. The number of hydrogen-bond acceptors (Lipinski definition) is 3. The van der Waals surface area contributed by atoms with E-state index in [4.69, 9.17) is 0 Å². The number of carbonyl (C=O) groups excluding carboxylic acids is 1. The number of hydrogen-bond donors (Lipinski definition) is 1. The van der Waals surface area contributed by atoms with Crippen LogP contribution in [0.4, 0.5) is 0 Å². The number of fused-ring (bicyclic) bond motifs is 1. The second-order valence-corrected chi connectivity index (χ2v) is 5.68. The Balaban J connectivity index is 2.04. The van der Waals surface area contributed by atoms with Crippen molar-refractivity contribution in [1.29, 1.82) is 0 Å². The Kier molecular flexibility index (Phi) is 3.78. The summed E-state index contributed by atoms with van der Waals surface area (Å²) in [6.07, 6.45) is 6.24. The number of methoxy groups -OCH3 is 1. The number of ether oxygens (including phenoxy) is 1. The summed E-state index contributed by atoms with van der Waals surface area (Å²) >= 11 is 0. The van der Waals surface area contributed by atoms with Crippen LogP contribution in [0.1, 0.15) is 54.1 Å². The molecule has 0 unspecified atom stereocenters. The predicted molar refractivity (Wildman–Crippen MR) is 81.7 cm³/mol. The monoisotopic (exact) mass is 285 g/mol. The number of aromatic nitrogens is 1. The number of carbonyl (C=O) groups is 1. The van der Waals surface area contributed by atoms with Crippen LogP contribution in [-0.2, 0) is 4.74 Å². The Morgan fingerprint density at radius 2 is 1.95 bits per heavy atom. The summed E-state index contributed by atoms with van der Waals surface area (Å²) in [7, 11) is 1.30. The number of esters is 1. The normalized spacial score (nSPS) is 16.0. The van der Waals surface area contributed by atoms with Crippen molar-refractivity contribution in [2.24, 2.45) is 0 Å². The fourth-order valence-corrected chi connectivity index (χ4v) is 3.17. The molecule has 0 bridgehead atoms. The molecule has 0 saturated heterocycles. The molecule has 1 aromatic carbocycles. The quantitative estimate of drug-likeness (QED) is 0.861. The molecule has 110 valence electrons. The summed E-state index contributed by atoms with van der Waals surface area (Å²) in [6, 6.07) is 7.26. The van der Waals surface area contributed by atoms with Crippen molar-refractivity contribution >= 4 is 16.9 Å². The van der Waals surface area contributed by atoms with E-state index in [1.807, 2.05) is 12.1 Å². The van der Waals surface area contributed by atoms with Gasteiger partial charge in [0.15, 0.2) is 5.43 Å². The highest BCUT2D eigenvalue weighted by atomic mass is 16.5. The maximum atomic E-state index is 12.2. The van der Waals surface area contributed by atoms with E-state index in [9.17, 15) is 9.59 Å². The van der Waals surface area contributed by atoms with Gasteiger partial charge in [-0.1, -0.05) is 25.3 Å². The van der Waals surface area contributed by atoms with Crippen LogP contribution in [0.3, 0.4) is 0 Å². The van der Waals surface area contributed by atoms with E-state index in [0.29, 0.717) is 16.8 Å². The lowest BCUT2D eigenvalue weighted by Crippen LogP contribution is -2.12. The van der Waals surface area contributed by atoms with Gasteiger partial charge >= 0.3 is 5.97 Å². The van der Waals surface area contributed by atoms with Crippen LogP contribution >= 0.6 is 0 Å². The molecular formula is C17H19NO3. The molecule has 4 heteroatoms. The summed E-state index contributed by atoms with van der Waals surface area (Å²) in [5, 5.41) is 0.644. The first-order valence-corrected chi connectivity index (χ1v) is 7.44. The highest BCUT2D eigenvalue weighted by Crippen LogP contribution is 2.33. The molecule has 1 heterocycles. The number of pyridine rings is 1. The van der Waals surface area contributed by atoms with Gasteiger partial charge in [0.05, 0.1) is 7.11 Å². The lowest BCUT2D eigenvalue weighted by Gasteiger charge is -2.22. The molecule has 1 fully saturated rings. The second kappa shape index (κ2) is 5.72. The van der Waals surface area contributed by atoms with Gasteiger partial charge in [0, 0.05) is 17.0 Å². The van der Waals surface area contributed by atoms with Gasteiger partial charge in [0.1, 0.15) is 5.69 Å². The van der Waals surface area contributed by atoms with Crippen molar-refractivity contribution in [3.8, 4) is 0 Å². The number of benzene rings is 1. The van der Waals surface area contributed by atoms with Crippen LogP contribution in [0.2, 0.25) is 0 Å². The van der Waals surface area contributed by atoms with Crippen LogP contribution < -0.4 is 5.43 Å². The lowest BCUT2D eigenvalue weighted by molar-refractivity contribution is 0.0594. The molecule has 0 amide bonds. The minimum absolute atomic E-state index is 0.137. The zero-order valence-electron chi connectivity index (χ0n) is 12.1. The molecule has 1 N–H and O–H groups in total. The molecule has 0 spiro atoms. The molecule has 3 rings (SSSR count). The van der Waals surface area contributed by atoms with Crippen molar-refractivity contribution in [3.05, 3.63) is 45.7 Å². The zero-order chi connectivity index (χ0) is 14.8. The highest BCUT2D eigenvalue weighted by Gasteiger charge is 2.17. The van der Waals surface area contributed by atoms with Gasteiger partial charge in [0.2, 0.25) is 0 Å². The van der Waals surface area contributed by atoms with Crippen LogP contribution in [0.25, 0.3) is 10.9 Å². The van der Waals surface area contributed by atoms with E-state index in [1.165, 1.54) is 50.8 Å². The molecular weight excluding hydrogens is 266 g/mol. The topological polar surface area (TPSA) is 59.2 Å². The fraction of sp³-hybridized carbons (Fsp3) is 0.412. The summed E-state index contributed by atoms with van der Waals surface area (Å²) < 4.78 is 4.65. The average Bonchev–Trinajstić information content (AvgIpc) is 2.54. The number of aromatic amines is 1. The molecule has 4 nitrogen and oxygen atoms in total. The molecule has 1 saturated carbocycles. The molecule has 2 aromatic rings. The lowest BCUT2D eigenvalue weighted by atomic mass is 9.84. The molecule has 0 aliphatic heterocycles. The first-order chi connectivity index (χ1) is 10.2. The van der Waals surface area contributed by atoms with Gasteiger partial charge in [-0.05, 0) is 36.5 Å². The Morgan fingerprint density at radius 3 is 2.67 bits per heavy atom. The molecule has 0 atom stereocenters. The first kappa shape index (κ1) is 13.9. The maximum Gasteiger partial charge on any atom is 0.354 e. The molecule has 1 aliphatic carbocycles. The van der Waals surface area contributed by atoms with Crippen LogP contribution in [0.15, 0.2) is 29.1 Å². The Hall–Kier alpha value is -2.10. The molecule has 1 aliphatic rings. The maximum absolute atomic E-state index is 12.2. The number of rotatable bonds is 2. The van der Waals surface area contributed by atoms with Gasteiger partial charge in [-0.2, -0.15) is 0 Å². The standard InChI is InChI=1S/C17H19NO3/c1-21-17(20)15-10-16(19)13-9-12(7-8-14(13)18-15)11-5-3-2-4-6-11/h7-11H,2-6H2,1H3,(H,18,19). The van der Waals surface area contributed by atoms with E-state index in [2.05, 4.69) is 15.8 Å². The minimum atomic E-state index is -0.523. The van der Waals surface area contributed by atoms with E-state index < -0.39 is 5.97 Å². The van der Waals surface area contributed by atoms with Crippen molar-refractivity contribution in [2.75, 3.05) is 7.11 Å². The highest BCUT2D eigenvalue weighted by molar-refractivity contribution is 5.91. The van der Waals surface area contributed by atoms with E-state index >= 15 is 0 Å². The third-order valence-corrected chi connectivity index (χ3v) is 4.34. The SMILES string of the molecule is COC(=O)c1cc(=O)c2cc(C3CCCCC3)ccc2[nH]1. The average molecular weight is 285 g/mol. The summed E-state index contributed by atoms with van der Waals surface area (Å²) in [5.74, 6) is 0.0354. The molecule has 0 radical (unpaired) electrons. The minimum Gasteiger partial charge on any atom is -0.464 e. The van der Waals surface area contributed by atoms with Crippen LogP contribution in [-0.4, -0.2) is 18.1 Å². The Morgan fingerprint density at radius 1 is 1.19 bits per heavy atom. The summed E-state index contributed by atoms with van der Waals surface area (Å²) in [5.41, 5.74) is 1.98. The van der Waals surface area contributed by atoms with Gasteiger partial charge in [-0.15, -0.1) is 0 Å². The number of nitrogens with one attached hydrogen (secondary N) is 1. The van der Waals surface area contributed by atoms with Gasteiger partial charge in [0.25, 0.3) is 0 Å². The predicted octanol–water partition coefficient (Wildman–Crippen LogP) is 3.36. The Labute approximate surface area is 123 Å².